The molecule has 1 aliphatic carbocycles. The molecule has 1 atom stereocenters. The minimum absolute atomic E-state index is 0.0154. The molecular weight excluding hydrogens is 319 g/mol. The zero-order valence-corrected chi connectivity index (χ0v) is 13.8. The van der Waals surface area contributed by atoms with Crippen molar-refractivity contribution in [1.82, 2.24) is 9.78 Å². The maximum Gasteiger partial charge on any atom is 0.166 e. The summed E-state index contributed by atoms with van der Waals surface area (Å²) in [5, 5.41) is 4.27. The van der Waals surface area contributed by atoms with Gasteiger partial charge >= 0.3 is 0 Å². The average molecular weight is 336 g/mol. The van der Waals surface area contributed by atoms with Crippen LogP contribution in [0, 0.1) is 5.82 Å². The van der Waals surface area contributed by atoms with E-state index < -0.39 is 0 Å². The predicted molar refractivity (Wildman–Crippen MR) is 91.9 cm³/mol. The first-order chi connectivity index (χ1) is 12.2. The van der Waals surface area contributed by atoms with E-state index in [4.69, 9.17) is 4.74 Å². The van der Waals surface area contributed by atoms with E-state index in [1.54, 1.807) is 36.2 Å². The lowest BCUT2D eigenvalue weighted by atomic mass is 9.82. The van der Waals surface area contributed by atoms with Gasteiger partial charge in [0.25, 0.3) is 0 Å². The molecule has 1 heterocycles. The van der Waals surface area contributed by atoms with Crippen LogP contribution in [0.5, 0.6) is 5.75 Å². The second-order valence-electron chi connectivity index (χ2n) is 6.14. The summed E-state index contributed by atoms with van der Waals surface area (Å²) in [6, 6.07) is 14.2. The first-order valence-electron chi connectivity index (χ1n) is 8.17. The molecule has 0 aliphatic heterocycles. The van der Waals surface area contributed by atoms with E-state index in [2.05, 4.69) is 5.10 Å². The topological polar surface area (TPSA) is 44.1 Å². The van der Waals surface area contributed by atoms with Gasteiger partial charge in [-0.2, -0.15) is 5.10 Å². The zero-order chi connectivity index (χ0) is 17.4. The van der Waals surface area contributed by atoms with Crippen LogP contribution < -0.4 is 4.74 Å². The van der Waals surface area contributed by atoms with Gasteiger partial charge in [-0.1, -0.05) is 30.3 Å². The lowest BCUT2D eigenvalue weighted by molar-refractivity contribution is 0.0963. The van der Waals surface area contributed by atoms with Crippen molar-refractivity contribution in [3.05, 3.63) is 77.4 Å². The molecule has 5 heteroatoms. The molecule has 0 N–H and O–H groups in total. The maximum atomic E-state index is 14.2. The van der Waals surface area contributed by atoms with Crippen molar-refractivity contribution in [2.24, 2.45) is 0 Å². The van der Waals surface area contributed by atoms with Crippen LogP contribution in [-0.4, -0.2) is 22.7 Å². The number of halogens is 1. The van der Waals surface area contributed by atoms with Crippen molar-refractivity contribution >= 4 is 5.78 Å². The van der Waals surface area contributed by atoms with Gasteiger partial charge in [0.15, 0.2) is 5.78 Å². The number of Topliss-reactive ketones (excluding diaryl/α,β-unsaturated/α-hetero) is 1. The molecule has 0 amide bonds. The van der Waals surface area contributed by atoms with Gasteiger partial charge in [0.05, 0.1) is 24.6 Å². The number of nitrogens with zero attached hydrogens (tertiary/aromatic N) is 2. The predicted octanol–water partition coefficient (Wildman–Crippen LogP) is 3.93. The number of fused-ring (bicyclic) bond motifs is 1. The third kappa shape index (κ3) is 2.61. The first-order valence-corrected chi connectivity index (χ1v) is 8.17. The van der Waals surface area contributed by atoms with E-state index in [9.17, 15) is 9.18 Å². The fraction of sp³-hybridized carbons (Fsp3) is 0.200. The normalized spacial score (nSPS) is 16.6. The van der Waals surface area contributed by atoms with Gasteiger partial charge in [-0.05, 0) is 30.2 Å². The summed E-state index contributed by atoms with van der Waals surface area (Å²) >= 11 is 0. The molecule has 0 saturated carbocycles. The van der Waals surface area contributed by atoms with Crippen LogP contribution in [-0.2, 0) is 6.42 Å². The number of hydrogen-bond donors (Lipinski definition) is 0. The summed E-state index contributed by atoms with van der Waals surface area (Å²) < 4.78 is 21.2. The molecule has 0 radical (unpaired) electrons. The van der Waals surface area contributed by atoms with E-state index in [1.165, 1.54) is 6.07 Å². The molecule has 0 saturated heterocycles. The minimum atomic E-state index is -0.361. The fourth-order valence-electron chi connectivity index (χ4n) is 3.50. The molecule has 25 heavy (non-hydrogen) atoms. The molecule has 0 spiro atoms. The van der Waals surface area contributed by atoms with Gasteiger partial charge in [0.2, 0.25) is 0 Å². The SMILES string of the molecule is COc1ccccc1[C@@H]1CC(=O)c2cnn(-c3ccccc3F)c2C1. The number of aromatic nitrogens is 2. The average Bonchev–Trinajstić information content (AvgIpc) is 3.06. The summed E-state index contributed by atoms with van der Waals surface area (Å²) in [5.74, 6) is 0.416. The monoisotopic (exact) mass is 336 g/mol. The number of ether oxygens (including phenoxy) is 1. The molecule has 3 aromatic rings. The smallest absolute Gasteiger partial charge is 0.166 e. The van der Waals surface area contributed by atoms with Crippen molar-refractivity contribution in [3.63, 3.8) is 0 Å². The Morgan fingerprint density at radius 1 is 1.12 bits per heavy atom. The van der Waals surface area contributed by atoms with Gasteiger partial charge in [0.1, 0.15) is 17.3 Å². The Kier molecular flexibility index (Phi) is 3.84. The molecule has 0 unspecified atom stereocenters. The molecule has 2 aromatic carbocycles. The summed E-state index contributed by atoms with van der Waals surface area (Å²) in [5.41, 5.74) is 2.68. The van der Waals surface area contributed by atoms with E-state index in [-0.39, 0.29) is 17.5 Å². The Labute approximate surface area is 144 Å². The Morgan fingerprint density at radius 2 is 1.88 bits per heavy atom. The van der Waals surface area contributed by atoms with Gasteiger partial charge < -0.3 is 4.74 Å². The van der Waals surface area contributed by atoms with Crippen molar-refractivity contribution in [3.8, 4) is 11.4 Å². The molecule has 0 bridgehead atoms. The Bertz CT molecular complexity index is 948. The number of hydrogen-bond acceptors (Lipinski definition) is 3. The highest BCUT2D eigenvalue weighted by Gasteiger charge is 2.31. The van der Waals surface area contributed by atoms with E-state index >= 15 is 0 Å². The Balaban J connectivity index is 1.79. The summed E-state index contributed by atoms with van der Waals surface area (Å²) in [6.45, 7) is 0. The Morgan fingerprint density at radius 3 is 2.68 bits per heavy atom. The second-order valence-corrected chi connectivity index (χ2v) is 6.14. The number of carbonyl (C=O) groups excluding carboxylic acids is 1. The first kappa shape index (κ1) is 15.6. The molecular formula is C20H17FN2O2. The highest BCUT2D eigenvalue weighted by atomic mass is 19.1. The van der Waals surface area contributed by atoms with Crippen molar-refractivity contribution < 1.29 is 13.9 Å². The molecule has 0 fully saturated rings. The molecule has 4 rings (SSSR count). The van der Waals surface area contributed by atoms with E-state index in [0.29, 0.717) is 24.1 Å². The number of methoxy groups -OCH3 is 1. The van der Waals surface area contributed by atoms with Crippen LogP contribution in [0.3, 0.4) is 0 Å². The van der Waals surface area contributed by atoms with E-state index in [0.717, 1.165) is 17.0 Å². The van der Waals surface area contributed by atoms with Gasteiger partial charge in [-0.25, -0.2) is 9.07 Å². The van der Waals surface area contributed by atoms with E-state index in [1.807, 2.05) is 24.3 Å². The molecule has 4 nitrogen and oxygen atoms in total. The van der Waals surface area contributed by atoms with Crippen LogP contribution in [0.2, 0.25) is 0 Å². The third-order valence-corrected chi connectivity index (χ3v) is 4.70. The van der Waals surface area contributed by atoms with Crippen molar-refractivity contribution in [1.29, 1.82) is 0 Å². The number of ketones is 1. The number of benzene rings is 2. The zero-order valence-electron chi connectivity index (χ0n) is 13.8. The van der Waals surface area contributed by atoms with Crippen molar-refractivity contribution in [2.45, 2.75) is 18.8 Å². The highest BCUT2D eigenvalue weighted by molar-refractivity contribution is 5.98. The van der Waals surface area contributed by atoms with Crippen LogP contribution >= 0.6 is 0 Å². The molecule has 1 aliphatic rings. The van der Waals surface area contributed by atoms with Crippen LogP contribution in [0.4, 0.5) is 4.39 Å². The summed E-state index contributed by atoms with van der Waals surface area (Å²) in [7, 11) is 1.62. The highest BCUT2D eigenvalue weighted by Crippen LogP contribution is 2.37. The lowest BCUT2D eigenvalue weighted by Gasteiger charge is -2.24. The number of rotatable bonds is 3. The van der Waals surface area contributed by atoms with Crippen LogP contribution in [0.25, 0.3) is 5.69 Å². The number of para-hydroxylation sites is 2. The Hall–Kier alpha value is -2.95. The molecule has 126 valence electrons. The summed E-state index contributed by atoms with van der Waals surface area (Å²) in [6.07, 6.45) is 2.55. The van der Waals surface area contributed by atoms with Gasteiger partial charge in [-0.3, -0.25) is 4.79 Å². The van der Waals surface area contributed by atoms with Gasteiger partial charge in [-0.15, -0.1) is 0 Å². The maximum absolute atomic E-state index is 14.2. The minimum Gasteiger partial charge on any atom is -0.496 e. The standard InChI is InChI=1S/C20H17FN2O2/c1-25-20-9-5-2-6-14(20)13-10-18-15(19(24)11-13)12-22-23(18)17-8-4-3-7-16(17)21/h2-9,12-13H,10-11H2,1H3/t13-/m0/s1. The number of carbonyl (C=O) groups is 1. The van der Waals surface area contributed by atoms with Crippen LogP contribution in [0.1, 0.15) is 34.0 Å². The quantitative estimate of drug-likeness (QED) is 0.728. The summed E-state index contributed by atoms with van der Waals surface area (Å²) in [4.78, 5) is 12.6. The van der Waals surface area contributed by atoms with Gasteiger partial charge in [0, 0.05) is 12.3 Å². The second kappa shape index (κ2) is 6.16. The third-order valence-electron chi connectivity index (χ3n) is 4.70. The van der Waals surface area contributed by atoms with Crippen molar-refractivity contribution in [2.75, 3.05) is 7.11 Å². The largest absolute Gasteiger partial charge is 0.496 e. The molecule has 1 aromatic heterocycles. The fourth-order valence-corrected chi connectivity index (χ4v) is 3.50. The lowest BCUT2D eigenvalue weighted by Crippen LogP contribution is -2.21. The van der Waals surface area contributed by atoms with Crippen LogP contribution in [0.15, 0.2) is 54.7 Å².